The van der Waals surface area contributed by atoms with Crippen molar-refractivity contribution >= 4 is 17.6 Å². The smallest absolute Gasteiger partial charge is 0.332 e. The van der Waals surface area contributed by atoms with Gasteiger partial charge in [0.1, 0.15) is 23.5 Å². The van der Waals surface area contributed by atoms with E-state index in [1.807, 2.05) is 6.07 Å². The van der Waals surface area contributed by atoms with Gasteiger partial charge in [-0.25, -0.2) is 9.69 Å². The van der Waals surface area contributed by atoms with E-state index >= 15 is 0 Å². The standard InChI is InChI=1S/C22H23N3O7/c1-22(13-4-6-14(28)7-5-13)20(31)25(21(32)24(22)2)15-8-3-12(9-23)18(16(29)10-26)19(15)17(30)11-27/h3-8,16-17,26-30H,10-11H2,1-2H3. The third-order valence-electron chi connectivity index (χ3n) is 5.84. The Kier molecular flexibility index (Phi) is 6.20. The number of urea groups is 1. The van der Waals surface area contributed by atoms with E-state index in [9.17, 15) is 40.4 Å². The zero-order valence-electron chi connectivity index (χ0n) is 17.4. The number of nitrogens with zero attached hydrogens (tertiary/aromatic N) is 3. The van der Waals surface area contributed by atoms with E-state index in [-0.39, 0.29) is 28.1 Å². The second-order valence-electron chi connectivity index (χ2n) is 7.57. The highest BCUT2D eigenvalue weighted by atomic mass is 16.3. The first-order chi connectivity index (χ1) is 15.1. The number of benzene rings is 2. The summed E-state index contributed by atoms with van der Waals surface area (Å²) in [5, 5.41) is 58.9. The molecule has 5 N–H and O–H groups in total. The molecule has 0 aliphatic carbocycles. The number of hydrogen-bond acceptors (Lipinski definition) is 8. The van der Waals surface area contributed by atoms with Crippen LogP contribution >= 0.6 is 0 Å². The first kappa shape index (κ1) is 23.2. The fourth-order valence-electron chi connectivity index (χ4n) is 3.91. The molecule has 10 nitrogen and oxygen atoms in total. The maximum Gasteiger partial charge on any atom is 0.332 e. The molecule has 10 heteroatoms. The van der Waals surface area contributed by atoms with Crippen LogP contribution in [0.3, 0.4) is 0 Å². The molecule has 0 bridgehead atoms. The molecule has 3 atom stereocenters. The van der Waals surface area contributed by atoms with Crippen LogP contribution in [0.1, 0.15) is 41.4 Å². The van der Waals surface area contributed by atoms with Crippen LogP contribution < -0.4 is 4.90 Å². The summed E-state index contributed by atoms with van der Waals surface area (Å²) in [5.74, 6) is -0.701. The molecule has 1 saturated heterocycles. The maximum atomic E-state index is 13.6. The minimum Gasteiger partial charge on any atom is -0.508 e. The molecule has 3 rings (SSSR count). The first-order valence-corrected chi connectivity index (χ1v) is 9.70. The SMILES string of the molecule is CN1C(=O)N(c2ccc(C#N)c(C(O)CO)c2C(O)CO)C(=O)C1(C)c1ccc(O)cc1. The number of carbonyl (C=O) groups excluding carboxylic acids is 2. The summed E-state index contributed by atoms with van der Waals surface area (Å²) < 4.78 is 0. The fraction of sp³-hybridized carbons (Fsp3) is 0.318. The van der Waals surface area contributed by atoms with E-state index in [1.165, 1.54) is 55.3 Å². The van der Waals surface area contributed by atoms with Gasteiger partial charge in [-0.3, -0.25) is 4.79 Å². The van der Waals surface area contributed by atoms with Crippen molar-refractivity contribution in [1.29, 1.82) is 5.26 Å². The Morgan fingerprint density at radius 2 is 1.56 bits per heavy atom. The number of nitriles is 1. The Bertz CT molecular complexity index is 1100. The predicted octanol–water partition coefficient (Wildman–Crippen LogP) is 0.629. The summed E-state index contributed by atoms with van der Waals surface area (Å²) in [4.78, 5) is 28.8. The highest BCUT2D eigenvalue weighted by molar-refractivity contribution is 6.23. The van der Waals surface area contributed by atoms with E-state index in [0.717, 1.165) is 4.90 Å². The molecule has 2 aromatic rings. The lowest BCUT2D eigenvalue weighted by molar-refractivity contribution is -0.124. The van der Waals surface area contributed by atoms with Crippen LogP contribution in [0.15, 0.2) is 36.4 Å². The zero-order valence-corrected chi connectivity index (χ0v) is 17.4. The number of aromatic hydroxyl groups is 1. The Morgan fingerprint density at radius 3 is 2.09 bits per heavy atom. The third-order valence-corrected chi connectivity index (χ3v) is 5.84. The van der Waals surface area contributed by atoms with E-state index < -0.39 is 42.9 Å². The lowest BCUT2D eigenvalue weighted by Gasteiger charge is -2.29. The van der Waals surface area contributed by atoms with E-state index in [1.54, 1.807) is 0 Å². The predicted molar refractivity (Wildman–Crippen MR) is 111 cm³/mol. The Balaban J connectivity index is 2.25. The van der Waals surface area contributed by atoms with Gasteiger partial charge >= 0.3 is 6.03 Å². The molecule has 1 aliphatic heterocycles. The van der Waals surface area contributed by atoms with Crippen molar-refractivity contribution in [3.05, 3.63) is 58.7 Å². The van der Waals surface area contributed by atoms with Gasteiger partial charge in [0, 0.05) is 18.2 Å². The number of likely N-dealkylation sites (N-methyl/N-ethyl adjacent to an activating group) is 1. The second kappa shape index (κ2) is 8.57. The zero-order chi connectivity index (χ0) is 23.8. The van der Waals surface area contributed by atoms with Crippen molar-refractivity contribution < 1.29 is 35.1 Å². The third kappa shape index (κ3) is 3.37. The normalized spacial score (nSPS) is 20.4. The monoisotopic (exact) mass is 441 g/mol. The number of carbonyl (C=O) groups is 2. The van der Waals surface area contributed by atoms with Crippen molar-refractivity contribution in [2.75, 3.05) is 25.2 Å². The molecule has 168 valence electrons. The number of aliphatic hydroxyl groups excluding tert-OH is 4. The summed E-state index contributed by atoms with van der Waals surface area (Å²) >= 11 is 0. The van der Waals surface area contributed by atoms with Crippen molar-refractivity contribution in [2.45, 2.75) is 24.7 Å². The molecular formula is C22H23N3O7. The van der Waals surface area contributed by atoms with Gasteiger partial charge in [-0.15, -0.1) is 0 Å². The van der Waals surface area contributed by atoms with Gasteiger partial charge in [0.15, 0.2) is 0 Å². The van der Waals surface area contributed by atoms with E-state index in [0.29, 0.717) is 5.56 Å². The van der Waals surface area contributed by atoms with Crippen LogP contribution in [0.25, 0.3) is 0 Å². The average molecular weight is 441 g/mol. The second-order valence-corrected chi connectivity index (χ2v) is 7.57. The van der Waals surface area contributed by atoms with Crippen molar-refractivity contribution in [3.63, 3.8) is 0 Å². The minimum absolute atomic E-state index is 0.0169. The number of anilines is 1. The average Bonchev–Trinajstić information content (AvgIpc) is 2.98. The van der Waals surface area contributed by atoms with Gasteiger partial charge in [-0.05, 0) is 36.8 Å². The quantitative estimate of drug-likeness (QED) is 0.407. The lowest BCUT2D eigenvalue weighted by atomic mass is 9.89. The largest absolute Gasteiger partial charge is 0.508 e. The molecule has 0 radical (unpaired) electrons. The van der Waals surface area contributed by atoms with Gasteiger partial charge < -0.3 is 30.4 Å². The number of rotatable bonds is 6. The Hall–Kier alpha value is -3.49. The van der Waals surface area contributed by atoms with Crippen LogP contribution in [0.2, 0.25) is 0 Å². The van der Waals surface area contributed by atoms with Crippen molar-refractivity contribution in [3.8, 4) is 11.8 Å². The van der Waals surface area contributed by atoms with Crippen LogP contribution in [-0.4, -0.2) is 62.6 Å². The van der Waals surface area contributed by atoms with Crippen molar-refractivity contribution in [2.24, 2.45) is 0 Å². The Morgan fingerprint density at radius 1 is 1.00 bits per heavy atom. The lowest BCUT2D eigenvalue weighted by Crippen LogP contribution is -2.42. The van der Waals surface area contributed by atoms with Gasteiger partial charge in [0.25, 0.3) is 5.91 Å². The van der Waals surface area contributed by atoms with Gasteiger partial charge in [-0.2, -0.15) is 5.26 Å². The van der Waals surface area contributed by atoms with Crippen LogP contribution in [0.4, 0.5) is 10.5 Å². The highest BCUT2D eigenvalue weighted by Crippen LogP contribution is 2.43. The molecule has 1 fully saturated rings. The number of phenols is 1. The van der Waals surface area contributed by atoms with Gasteiger partial charge in [-0.1, -0.05) is 12.1 Å². The molecule has 0 spiro atoms. The fourth-order valence-corrected chi connectivity index (χ4v) is 3.91. The van der Waals surface area contributed by atoms with Crippen LogP contribution in [0, 0.1) is 11.3 Å². The highest BCUT2D eigenvalue weighted by Gasteiger charge is 2.55. The van der Waals surface area contributed by atoms with Gasteiger partial charge in [0.05, 0.1) is 30.5 Å². The number of amides is 3. The number of hydrogen-bond donors (Lipinski definition) is 5. The number of phenolic OH excluding ortho intramolecular Hbond substituents is 1. The maximum absolute atomic E-state index is 13.6. The van der Waals surface area contributed by atoms with Crippen LogP contribution in [-0.2, 0) is 10.3 Å². The topological polar surface area (TPSA) is 166 Å². The van der Waals surface area contributed by atoms with Crippen LogP contribution in [0.5, 0.6) is 5.75 Å². The summed E-state index contributed by atoms with van der Waals surface area (Å²) in [6, 6.07) is 9.40. The number of imide groups is 1. The molecule has 32 heavy (non-hydrogen) atoms. The molecule has 1 aliphatic rings. The molecular weight excluding hydrogens is 418 g/mol. The molecule has 3 unspecified atom stereocenters. The minimum atomic E-state index is -1.65. The first-order valence-electron chi connectivity index (χ1n) is 9.70. The number of aliphatic hydroxyl groups is 4. The molecule has 1 heterocycles. The summed E-state index contributed by atoms with van der Waals surface area (Å²) in [5.41, 5.74) is -1.65. The molecule has 2 aromatic carbocycles. The molecule has 0 saturated carbocycles. The summed E-state index contributed by atoms with van der Waals surface area (Å²) in [6.45, 7) is -0.0977. The Labute approximate surface area is 183 Å². The summed E-state index contributed by atoms with van der Waals surface area (Å²) in [7, 11) is 1.42. The molecule has 3 amide bonds. The van der Waals surface area contributed by atoms with E-state index in [2.05, 4.69) is 0 Å². The van der Waals surface area contributed by atoms with Crippen molar-refractivity contribution in [1.82, 2.24) is 4.90 Å². The molecule has 0 aromatic heterocycles. The van der Waals surface area contributed by atoms with E-state index in [4.69, 9.17) is 0 Å². The van der Waals surface area contributed by atoms with Gasteiger partial charge in [0.2, 0.25) is 0 Å². The summed E-state index contributed by atoms with van der Waals surface area (Å²) in [6.07, 6.45) is -3.25.